The lowest BCUT2D eigenvalue weighted by molar-refractivity contribution is 0.308. The van der Waals surface area contributed by atoms with Crippen LogP contribution in [0.15, 0.2) is 24.3 Å². The van der Waals surface area contributed by atoms with E-state index >= 15 is 0 Å². The first-order chi connectivity index (χ1) is 6.38. The van der Waals surface area contributed by atoms with Crippen molar-refractivity contribution in [3.8, 4) is 11.5 Å². The lowest BCUT2D eigenvalue weighted by Gasteiger charge is -2.07. The van der Waals surface area contributed by atoms with Crippen LogP contribution in [0.1, 0.15) is 0 Å². The summed E-state index contributed by atoms with van der Waals surface area (Å²) < 4.78 is 10.4. The molecule has 0 saturated heterocycles. The number of benzene rings is 1. The Hall–Kier alpha value is -1.69. The minimum absolute atomic E-state index is 0.373. The maximum Gasteiger partial charge on any atom is 0.248 e. The molecule has 1 aromatic carbocycles. The van der Waals surface area contributed by atoms with Crippen LogP contribution in [0.4, 0.5) is 0 Å². The smallest absolute Gasteiger partial charge is 0.248 e. The second-order valence-corrected chi connectivity index (χ2v) is 2.38. The SMILES string of the molecule is [C-]#[N+]CCOc1ccccc1OC. The third-order valence-corrected chi connectivity index (χ3v) is 1.53. The summed E-state index contributed by atoms with van der Waals surface area (Å²) in [7, 11) is 1.59. The van der Waals surface area contributed by atoms with Crippen molar-refractivity contribution >= 4 is 0 Å². The largest absolute Gasteiger partial charge is 0.493 e. The van der Waals surface area contributed by atoms with Gasteiger partial charge in [-0.3, -0.25) is 0 Å². The first-order valence-electron chi connectivity index (χ1n) is 3.97. The van der Waals surface area contributed by atoms with Crippen LogP contribution in [-0.4, -0.2) is 20.3 Å². The Morgan fingerprint density at radius 2 is 2.00 bits per heavy atom. The molecule has 0 aromatic heterocycles. The van der Waals surface area contributed by atoms with Crippen LogP contribution in [-0.2, 0) is 0 Å². The summed E-state index contributed by atoms with van der Waals surface area (Å²) in [4.78, 5) is 3.19. The summed E-state index contributed by atoms with van der Waals surface area (Å²) >= 11 is 0. The standard InChI is InChI=1S/C10H11NO2/c1-11-7-8-13-10-6-4-3-5-9(10)12-2/h3-6H,7-8H2,2H3. The van der Waals surface area contributed by atoms with Crippen molar-refractivity contribution in [2.24, 2.45) is 0 Å². The van der Waals surface area contributed by atoms with Crippen molar-refractivity contribution in [3.63, 3.8) is 0 Å². The maximum absolute atomic E-state index is 6.58. The molecule has 0 saturated carbocycles. The molecular formula is C10H11NO2. The highest BCUT2D eigenvalue weighted by Crippen LogP contribution is 2.25. The molecule has 0 bridgehead atoms. The molecule has 0 aliphatic rings. The topological polar surface area (TPSA) is 22.8 Å². The number of para-hydroxylation sites is 2. The first kappa shape index (κ1) is 9.40. The number of ether oxygens (including phenoxy) is 2. The van der Waals surface area contributed by atoms with E-state index in [9.17, 15) is 0 Å². The fourth-order valence-electron chi connectivity index (χ4n) is 0.939. The highest BCUT2D eigenvalue weighted by atomic mass is 16.5. The quantitative estimate of drug-likeness (QED) is 0.518. The van der Waals surface area contributed by atoms with Gasteiger partial charge in [0.05, 0.1) is 7.11 Å². The van der Waals surface area contributed by atoms with Crippen LogP contribution in [0.2, 0.25) is 0 Å². The minimum atomic E-state index is 0.373. The van der Waals surface area contributed by atoms with Gasteiger partial charge in [-0.25, -0.2) is 6.57 Å². The molecule has 0 spiro atoms. The van der Waals surface area contributed by atoms with Crippen molar-refractivity contribution in [2.45, 2.75) is 0 Å². The van der Waals surface area contributed by atoms with E-state index in [4.69, 9.17) is 16.0 Å². The van der Waals surface area contributed by atoms with Crippen molar-refractivity contribution in [1.29, 1.82) is 0 Å². The van der Waals surface area contributed by atoms with Gasteiger partial charge < -0.3 is 14.3 Å². The summed E-state index contributed by atoms with van der Waals surface area (Å²) in [5.41, 5.74) is 0. The molecule has 0 fully saturated rings. The molecule has 0 aliphatic carbocycles. The van der Waals surface area contributed by atoms with E-state index in [1.54, 1.807) is 7.11 Å². The summed E-state index contributed by atoms with van der Waals surface area (Å²) in [6.45, 7) is 7.36. The number of rotatable bonds is 4. The van der Waals surface area contributed by atoms with Gasteiger partial charge in [-0.15, -0.1) is 0 Å². The molecule has 0 N–H and O–H groups in total. The van der Waals surface area contributed by atoms with Gasteiger partial charge >= 0.3 is 0 Å². The molecule has 0 amide bonds. The molecule has 0 heterocycles. The van der Waals surface area contributed by atoms with Crippen LogP contribution in [0.5, 0.6) is 11.5 Å². The highest BCUT2D eigenvalue weighted by molar-refractivity contribution is 5.39. The van der Waals surface area contributed by atoms with Gasteiger partial charge in [0.1, 0.15) is 0 Å². The molecule has 68 valence electrons. The van der Waals surface area contributed by atoms with E-state index in [0.29, 0.717) is 24.7 Å². The van der Waals surface area contributed by atoms with Gasteiger partial charge in [-0.05, 0) is 12.1 Å². The minimum Gasteiger partial charge on any atom is -0.493 e. The van der Waals surface area contributed by atoms with Crippen LogP contribution >= 0.6 is 0 Å². The predicted molar refractivity (Wildman–Crippen MR) is 50.0 cm³/mol. The van der Waals surface area contributed by atoms with Gasteiger partial charge in [0.15, 0.2) is 18.1 Å². The van der Waals surface area contributed by atoms with Crippen molar-refractivity contribution < 1.29 is 9.47 Å². The third kappa shape index (κ3) is 2.68. The zero-order chi connectivity index (χ0) is 9.52. The lowest BCUT2D eigenvalue weighted by Crippen LogP contribution is -2.00. The van der Waals surface area contributed by atoms with E-state index in [1.165, 1.54) is 0 Å². The molecule has 1 rings (SSSR count). The zero-order valence-electron chi connectivity index (χ0n) is 7.49. The Labute approximate surface area is 77.7 Å². The van der Waals surface area contributed by atoms with E-state index < -0.39 is 0 Å². The Morgan fingerprint density at radius 3 is 2.62 bits per heavy atom. The van der Waals surface area contributed by atoms with Crippen molar-refractivity contribution in [1.82, 2.24) is 0 Å². The fourth-order valence-corrected chi connectivity index (χ4v) is 0.939. The predicted octanol–water partition coefficient (Wildman–Crippen LogP) is 1.99. The highest BCUT2D eigenvalue weighted by Gasteiger charge is 2.01. The maximum atomic E-state index is 6.58. The van der Waals surface area contributed by atoms with Crippen LogP contribution in [0.25, 0.3) is 4.85 Å². The van der Waals surface area contributed by atoms with Crippen molar-refractivity contribution in [2.75, 3.05) is 20.3 Å². The number of hydrogen-bond acceptors (Lipinski definition) is 2. The Kier molecular flexibility index (Phi) is 3.65. The van der Waals surface area contributed by atoms with Gasteiger partial charge in [0.2, 0.25) is 6.54 Å². The second-order valence-electron chi connectivity index (χ2n) is 2.38. The molecule has 0 radical (unpaired) electrons. The second kappa shape index (κ2) is 5.04. The Bertz CT molecular complexity index is 304. The molecule has 13 heavy (non-hydrogen) atoms. The van der Waals surface area contributed by atoms with E-state index in [2.05, 4.69) is 4.85 Å². The summed E-state index contributed by atoms with van der Waals surface area (Å²) in [6.07, 6.45) is 0. The van der Waals surface area contributed by atoms with Crippen LogP contribution in [0.3, 0.4) is 0 Å². The van der Waals surface area contributed by atoms with Gasteiger partial charge in [0, 0.05) is 0 Å². The lowest BCUT2D eigenvalue weighted by atomic mass is 10.3. The number of methoxy groups -OCH3 is 1. The van der Waals surface area contributed by atoms with Crippen LogP contribution in [0, 0.1) is 6.57 Å². The molecule has 0 atom stereocenters. The summed E-state index contributed by atoms with van der Waals surface area (Å²) in [6, 6.07) is 7.40. The molecule has 0 aliphatic heterocycles. The third-order valence-electron chi connectivity index (χ3n) is 1.53. The summed E-state index contributed by atoms with van der Waals surface area (Å²) in [5.74, 6) is 1.39. The monoisotopic (exact) mass is 177 g/mol. The fraction of sp³-hybridized carbons (Fsp3) is 0.300. The van der Waals surface area contributed by atoms with Gasteiger partial charge in [-0.2, -0.15) is 0 Å². The average Bonchev–Trinajstić information content (AvgIpc) is 2.19. The average molecular weight is 177 g/mol. The summed E-state index contributed by atoms with van der Waals surface area (Å²) in [5, 5.41) is 0. The van der Waals surface area contributed by atoms with E-state index in [-0.39, 0.29) is 0 Å². The Balaban J connectivity index is 2.60. The first-order valence-corrected chi connectivity index (χ1v) is 3.97. The molecule has 3 heteroatoms. The van der Waals surface area contributed by atoms with Gasteiger partial charge in [0.25, 0.3) is 0 Å². The normalized spacial score (nSPS) is 8.92. The van der Waals surface area contributed by atoms with Crippen LogP contribution < -0.4 is 9.47 Å². The zero-order valence-corrected chi connectivity index (χ0v) is 7.49. The van der Waals surface area contributed by atoms with Crippen molar-refractivity contribution in [3.05, 3.63) is 35.7 Å². The molecule has 3 nitrogen and oxygen atoms in total. The van der Waals surface area contributed by atoms with E-state index in [0.717, 1.165) is 0 Å². The number of nitrogens with zero attached hydrogens (tertiary/aromatic N) is 1. The molecule has 1 aromatic rings. The molecule has 0 unspecified atom stereocenters. The number of hydrogen-bond donors (Lipinski definition) is 0. The Morgan fingerprint density at radius 1 is 1.31 bits per heavy atom. The van der Waals surface area contributed by atoms with E-state index in [1.807, 2.05) is 24.3 Å². The molecular weight excluding hydrogens is 166 g/mol. The van der Waals surface area contributed by atoms with Gasteiger partial charge in [-0.1, -0.05) is 12.1 Å².